The van der Waals surface area contributed by atoms with E-state index in [2.05, 4.69) is 80.3 Å². The molecular formula is C26H33NO. The molecule has 1 saturated carbocycles. The van der Waals surface area contributed by atoms with E-state index in [0.717, 1.165) is 18.9 Å². The molecule has 2 nitrogen and oxygen atoms in total. The van der Waals surface area contributed by atoms with Crippen LogP contribution in [0.5, 0.6) is 0 Å². The zero-order chi connectivity index (χ0) is 19.3. The van der Waals surface area contributed by atoms with Crippen molar-refractivity contribution in [3.63, 3.8) is 0 Å². The van der Waals surface area contributed by atoms with E-state index in [1.165, 1.54) is 36.0 Å². The number of benzene rings is 2. The fraction of sp³-hybridized carbons (Fsp3) is 0.538. The van der Waals surface area contributed by atoms with Crippen LogP contribution in [-0.2, 0) is 11.2 Å². The Kier molecular flexibility index (Phi) is 4.60. The Morgan fingerprint density at radius 1 is 0.964 bits per heavy atom. The largest absolute Gasteiger partial charge is 0.355 e. The fourth-order valence-electron chi connectivity index (χ4n) is 6.13. The maximum atomic E-state index is 6.85. The van der Waals surface area contributed by atoms with Crippen molar-refractivity contribution in [1.82, 2.24) is 4.90 Å². The molecule has 148 valence electrons. The standard InChI is InChI=1S/C26H33NO/c1-18-13-14-23-24(15-18)28-25-22-12-8-7-11-21(22)20(17-27(25)26(23,2)3)16-19-9-5-4-6-10-19/h4-12,18,20,23-25H,13-17H2,1-3H3/t18-,20+,23-,24-,25?/m1/s1. The van der Waals surface area contributed by atoms with E-state index in [0.29, 0.717) is 17.9 Å². The average Bonchev–Trinajstić information content (AvgIpc) is 2.69. The van der Waals surface area contributed by atoms with Crippen LogP contribution in [0.2, 0.25) is 0 Å². The van der Waals surface area contributed by atoms with Crippen molar-refractivity contribution in [3.05, 3.63) is 71.3 Å². The first-order valence-corrected chi connectivity index (χ1v) is 11.1. The third-order valence-electron chi connectivity index (χ3n) is 7.73. The maximum absolute atomic E-state index is 6.85. The fourth-order valence-corrected chi connectivity index (χ4v) is 6.13. The van der Waals surface area contributed by atoms with Crippen molar-refractivity contribution < 1.29 is 4.74 Å². The van der Waals surface area contributed by atoms with Crippen LogP contribution in [0.1, 0.15) is 68.9 Å². The van der Waals surface area contributed by atoms with Gasteiger partial charge in [-0.15, -0.1) is 0 Å². The molecule has 3 aliphatic rings. The third kappa shape index (κ3) is 3.02. The first-order chi connectivity index (χ1) is 13.5. The Balaban J connectivity index is 1.52. The number of ether oxygens (including phenoxy) is 1. The van der Waals surface area contributed by atoms with Gasteiger partial charge in [0, 0.05) is 23.9 Å². The van der Waals surface area contributed by atoms with Crippen molar-refractivity contribution in [2.75, 3.05) is 6.54 Å². The average molecular weight is 376 g/mol. The first-order valence-electron chi connectivity index (χ1n) is 11.1. The summed E-state index contributed by atoms with van der Waals surface area (Å²) in [6.45, 7) is 8.43. The van der Waals surface area contributed by atoms with Crippen LogP contribution in [0, 0.1) is 11.8 Å². The summed E-state index contributed by atoms with van der Waals surface area (Å²) < 4.78 is 6.85. The summed E-state index contributed by atoms with van der Waals surface area (Å²) in [6, 6.07) is 20.0. The first kappa shape index (κ1) is 18.4. The molecular weight excluding hydrogens is 342 g/mol. The lowest BCUT2D eigenvalue weighted by atomic mass is 9.68. The Bertz CT molecular complexity index is 829. The summed E-state index contributed by atoms with van der Waals surface area (Å²) in [5.41, 5.74) is 4.50. The van der Waals surface area contributed by atoms with Crippen LogP contribution in [0.4, 0.5) is 0 Å². The van der Waals surface area contributed by atoms with Gasteiger partial charge in [0.25, 0.3) is 0 Å². The minimum absolute atomic E-state index is 0.116. The van der Waals surface area contributed by atoms with E-state index in [1.54, 1.807) is 0 Å². The van der Waals surface area contributed by atoms with E-state index < -0.39 is 0 Å². The molecule has 0 aromatic heterocycles. The van der Waals surface area contributed by atoms with Gasteiger partial charge in [0.05, 0.1) is 6.10 Å². The summed E-state index contributed by atoms with van der Waals surface area (Å²) >= 11 is 0. The predicted octanol–water partition coefficient (Wildman–Crippen LogP) is 5.94. The highest BCUT2D eigenvalue weighted by molar-refractivity contribution is 5.37. The van der Waals surface area contributed by atoms with E-state index in [9.17, 15) is 0 Å². The molecule has 2 aromatic rings. The molecule has 5 rings (SSSR count). The Morgan fingerprint density at radius 3 is 2.46 bits per heavy atom. The van der Waals surface area contributed by atoms with Crippen molar-refractivity contribution in [2.24, 2.45) is 11.8 Å². The van der Waals surface area contributed by atoms with Crippen LogP contribution in [-0.4, -0.2) is 23.1 Å². The van der Waals surface area contributed by atoms with Gasteiger partial charge in [0.1, 0.15) is 6.23 Å². The van der Waals surface area contributed by atoms with Gasteiger partial charge in [0.15, 0.2) is 0 Å². The van der Waals surface area contributed by atoms with Crippen LogP contribution < -0.4 is 0 Å². The highest BCUT2D eigenvalue weighted by Gasteiger charge is 2.53. The predicted molar refractivity (Wildman–Crippen MR) is 114 cm³/mol. The van der Waals surface area contributed by atoms with E-state index in [4.69, 9.17) is 4.74 Å². The molecule has 2 fully saturated rings. The number of rotatable bonds is 2. The zero-order valence-electron chi connectivity index (χ0n) is 17.5. The van der Waals surface area contributed by atoms with Gasteiger partial charge in [-0.25, -0.2) is 0 Å². The van der Waals surface area contributed by atoms with Crippen LogP contribution in [0.15, 0.2) is 54.6 Å². The highest BCUT2D eigenvalue weighted by Crippen LogP contribution is 2.52. The van der Waals surface area contributed by atoms with Crippen molar-refractivity contribution in [3.8, 4) is 0 Å². The van der Waals surface area contributed by atoms with Gasteiger partial charge >= 0.3 is 0 Å². The summed E-state index contributed by atoms with van der Waals surface area (Å²) in [4.78, 5) is 2.69. The molecule has 2 aliphatic heterocycles. The Labute approximate surface area is 169 Å². The normalized spacial score (nSPS) is 34.2. The van der Waals surface area contributed by atoms with Crippen LogP contribution in [0.3, 0.4) is 0 Å². The molecule has 0 radical (unpaired) electrons. The van der Waals surface area contributed by atoms with Gasteiger partial charge in [-0.05, 0) is 55.7 Å². The van der Waals surface area contributed by atoms with E-state index in [-0.39, 0.29) is 11.8 Å². The zero-order valence-corrected chi connectivity index (χ0v) is 17.5. The van der Waals surface area contributed by atoms with Crippen molar-refractivity contribution in [2.45, 2.75) is 70.2 Å². The van der Waals surface area contributed by atoms with E-state index >= 15 is 0 Å². The molecule has 0 spiro atoms. The molecule has 2 heterocycles. The second-order valence-electron chi connectivity index (χ2n) is 9.87. The third-order valence-corrected chi connectivity index (χ3v) is 7.73. The molecule has 5 atom stereocenters. The topological polar surface area (TPSA) is 12.5 Å². The Hall–Kier alpha value is -1.64. The van der Waals surface area contributed by atoms with Gasteiger partial charge in [0.2, 0.25) is 0 Å². The molecule has 1 unspecified atom stereocenters. The Morgan fingerprint density at radius 2 is 1.68 bits per heavy atom. The van der Waals surface area contributed by atoms with E-state index in [1.807, 2.05) is 0 Å². The van der Waals surface area contributed by atoms with Crippen molar-refractivity contribution in [1.29, 1.82) is 0 Å². The summed E-state index contributed by atoms with van der Waals surface area (Å²) in [5, 5.41) is 0. The second kappa shape index (κ2) is 7.00. The number of nitrogens with zero attached hydrogens (tertiary/aromatic N) is 1. The molecule has 1 aliphatic carbocycles. The van der Waals surface area contributed by atoms with Gasteiger partial charge < -0.3 is 4.74 Å². The number of hydrogen-bond acceptors (Lipinski definition) is 2. The molecule has 28 heavy (non-hydrogen) atoms. The molecule has 0 bridgehead atoms. The van der Waals surface area contributed by atoms with Gasteiger partial charge in [-0.1, -0.05) is 67.9 Å². The molecule has 1 saturated heterocycles. The maximum Gasteiger partial charge on any atom is 0.137 e. The lowest BCUT2D eigenvalue weighted by Crippen LogP contribution is -2.63. The summed E-state index contributed by atoms with van der Waals surface area (Å²) in [7, 11) is 0. The van der Waals surface area contributed by atoms with Gasteiger partial charge in [-0.3, -0.25) is 4.90 Å². The number of hydrogen-bond donors (Lipinski definition) is 0. The summed E-state index contributed by atoms with van der Waals surface area (Å²) in [5.74, 6) is 1.95. The highest BCUT2D eigenvalue weighted by atomic mass is 16.5. The monoisotopic (exact) mass is 375 g/mol. The second-order valence-corrected chi connectivity index (χ2v) is 9.87. The molecule has 0 N–H and O–H groups in total. The minimum Gasteiger partial charge on any atom is -0.355 e. The lowest BCUT2D eigenvalue weighted by Gasteiger charge is -2.60. The van der Waals surface area contributed by atoms with Crippen LogP contribution in [0.25, 0.3) is 0 Å². The molecule has 2 aromatic carbocycles. The van der Waals surface area contributed by atoms with Crippen LogP contribution >= 0.6 is 0 Å². The minimum atomic E-state index is 0.116. The SMILES string of the molecule is C[C@@H]1CC[C@@H]2[C@@H](C1)OC1c3ccccc3[C@@H](Cc3ccccc3)CN1C2(C)C. The molecule has 2 heteroatoms. The quantitative estimate of drug-likeness (QED) is 0.644. The lowest BCUT2D eigenvalue weighted by molar-refractivity contribution is -0.242. The number of fused-ring (bicyclic) bond motifs is 4. The molecule has 0 amide bonds. The van der Waals surface area contributed by atoms with Crippen molar-refractivity contribution >= 4 is 0 Å². The summed E-state index contributed by atoms with van der Waals surface area (Å²) in [6.07, 6.45) is 5.48. The smallest absolute Gasteiger partial charge is 0.137 e. The van der Waals surface area contributed by atoms with Gasteiger partial charge in [-0.2, -0.15) is 0 Å².